The number of ether oxygens (including phenoxy) is 1. The van der Waals surface area contributed by atoms with Gasteiger partial charge in [0.15, 0.2) is 5.78 Å². The van der Waals surface area contributed by atoms with Crippen molar-refractivity contribution in [3.8, 4) is 0 Å². The van der Waals surface area contributed by atoms with Gasteiger partial charge < -0.3 is 4.74 Å². The molecule has 0 spiro atoms. The van der Waals surface area contributed by atoms with Crippen LogP contribution < -0.4 is 0 Å². The summed E-state index contributed by atoms with van der Waals surface area (Å²) in [4.78, 5) is 12.8. The third kappa shape index (κ3) is 4.37. The van der Waals surface area contributed by atoms with E-state index in [9.17, 15) is 4.79 Å². The predicted octanol–water partition coefficient (Wildman–Crippen LogP) is 3.41. The number of hydrogen-bond donors (Lipinski definition) is 0. The Hall–Kier alpha value is -0.800. The van der Waals surface area contributed by atoms with Crippen LogP contribution in [0.25, 0.3) is 0 Å². The Balaban J connectivity index is 2.40. The molecule has 0 N–H and O–H groups in total. The van der Waals surface area contributed by atoms with Crippen molar-refractivity contribution in [1.29, 1.82) is 0 Å². The van der Waals surface area contributed by atoms with E-state index in [2.05, 4.69) is 6.92 Å². The number of carbonyl (C=O) groups excluding carboxylic acids is 1. The first-order valence-corrected chi connectivity index (χ1v) is 6.75. The van der Waals surface area contributed by atoms with Crippen molar-refractivity contribution in [2.45, 2.75) is 24.7 Å². The summed E-state index contributed by atoms with van der Waals surface area (Å²) in [5.41, 5.74) is 0.731. The van der Waals surface area contributed by atoms with Crippen molar-refractivity contribution in [2.75, 3.05) is 19.5 Å². The second kappa shape index (κ2) is 7.47. The summed E-state index contributed by atoms with van der Waals surface area (Å²) >= 11 is 1.67. The van der Waals surface area contributed by atoms with E-state index < -0.39 is 0 Å². The first-order chi connectivity index (χ1) is 7.77. The summed E-state index contributed by atoms with van der Waals surface area (Å²) in [6, 6.07) is 7.64. The molecule has 0 aliphatic rings. The van der Waals surface area contributed by atoms with Gasteiger partial charge in [-0.15, -0.1) is 11.8 Å². The van der Waals surface area contributed by atoms with Gasteiger partial charge in [-0.2, -0.15) is 0 Å². The molecule has 3 heteroatoms. The minimum Gasteiger partial charge on any atom is -0.373 e. The van der Waals surface area contributed by atoms with Gasteiger partial charge in [-0.1, -0.05) is 25.5 Å². The highest BCUT2D eigenvalue weighted by molar-refractivity contribution is 7.98. The Bertz CT molecular complexity index is 319. The molecule has 0 aromatic heterocycles. The molecule has 88 valence electrons. The topological polar surface area (TPSA) is 26.3 Å². The third-order valence-electron chi connectivity index (χ3n) is 2.29. The van der Waals surface area contributed by atoms with Crippen molar-refractivity contribution in [3.63, 3.8) is 0 Å². The lowest BCUT2D eigenvalue weighted by Crippen LogP contribution is -2.09. The number of unbranched alkanes of at least 4 members (excludes halogenated alkanes) is 1. The standard InChI is InChI=1S/C13H18O2S/c1-3-4-9-15-10-13(14)11-5-7-12(16-2)8-6-11/h5-8H,3-4,9-10H2,1-2H3. The van der Waals surface area contributed by atoms with E-state index in [4.69, 9.17) is 4.74 Å². The Morgan fingerprint density at radius 1 is 1.31 bits per heavy atom. The molecule has 0 radical (unpaired) electrons. The molecular weight excluding hydrogens is 220 g/mol. The van der Waals surface area contributed by atoms with E-state index in [1.807, 2.05) is 30.5 Å². The second-order valence-corrected chi connectivity index (χ2v) is 4.44. The molecule has 0 amide bonds. The highest BCUT2D eigenvalue weighted by atomic mass is 32.2. The number of carbonyl (C=O) groups is 1. The smallest absolute Gasteiger partial charge is 0.188 e. The molecule has 0 bridgehead atoms. The molecule has 0 atom stereocenters. The summed E-state index contributed by atoms with van der Waals surface area (Å²) < 4.78 is 5.29. The number of rotatable bonds is 7. The summed E-state index contributed by atoms with van der Waals surface area (Å²) in [6.07, 6.45) is 4.12. The van der Waals surface area contributed by atoms with Crippen LogP contribution in [-0.4, -0.2) is 25.3 Å². The van der Waals surface area contributed by atoms with Crippen LogP contribution in [0.2, 0.25) is 0 Å². The maximum Gasteiger partial charge on any atom is 0.188 e. The lowest BCUT2D eigenvalue weighted by molar-refractivity contribution is 0.0754. The van der Waals surface area contributed by atoms with Crippen molar-refractivity contribution in [3.05, 3.63) is 29.8 Å². The lowest BCUT2D eigenvalue weighted by atomic mass is 10.1. The van der Waals surface area contributed by atoms with Gasteiger partial charge in [0.05, 0.1) is 0 Å². The molecule has 2 nitrogen and oxygen atoms in total. The molecule has 0 aliphatic heterocycles. The van der Waals surface area contributed by atoms with Gasteiger partial charge in [0.25, 0.3) is 0 Å². The van der Waals surface area contributed by atoms with E-state index in [1.54, 1.807) is 11.8 Å². The van der Waals surface area contributed by atoms with Gasteiger partial charge in [0, 0.05) is 17.1 Å². The van der Waals surface area contributed by atoms with Crippen molar-refractivity contribution < 1.29 is 9.53 Å². The van der Waals surface area contributed by atoms with Gasteiger partial charge in [0.2, 0.25) is 0 Å². The number of ketones is 1. The molecule has 0 aliphatic carbocycles. The van der Waals surface area contributed by atoms with Crippen molar-refractivity contribution in [2.24, 2.45) is 0 Å². The average Bonchev–Trinajstić information content (AvgIpc) is 2.34. The van der Waals surface area contributed by atoms with Crippen molar-refractivity contribution in [1.82, 2.24) is 0 Å². The average molecular weight is 238 g/mol. The van der Waals surface area contributed by atoms with Gasteiger partial charge in [-0.25, -0.2) is 0 Å². The number of thioether (sulfide) groups is 1. The van der Waals surface area contributed by atoms with Crippen LogP contribution >= 0.6 is 11.8 Å². The fourth-order valence-electron chi connectivity index (χ4n) is 1.27. The number of benzene rings is 1. The Morgan fingerprint density at radius 3 is 2.56 bits per heavy atom. The maximum atomic E-state index is 11.7. The predicted molar refractivity (Wildman–Crippen MR) is 68.3 cm³/mol. The Morgan fingerprint density at radius 2 is 2.00 bits per heavy atom. The number of hydrogen-bond acceptors (Lipinski definition) is 3. The van der Waals surface area contributed by atoms with E-state index >= 15 is 0 Å². The molecule has 0 saturated carbocycles. The molecule has 0 saturated heterocycles. The van der Waals surface area contributed by atoms with Crippen molar-refractivity contribution >= 4 is 17.5 Å². The van der Waals surface area contributed by atoms with Gasteiger partial charge in [-0.3, -0.25) is 4.79 Å². The normalized spacial score (nSPS) is 10.4. The molecule has 0 heterocycles. The molecular formula is C13H18O2S. The summed E-state index contributed by atoms with van der Waals surface area (Å²) in [7, 11) is 0. The maximum absolute atomic E-state index is 11.7. The highest BCUT2D eigenvalue weighted by Gasteiger charge is 2.05. The quantitative estimate of drug-likeness (QED) is 0.414. The fourth-order valence-corrected chi connectivity index (χ4v) is 1.68. The fraction of sp³-hybridized carbons (Fsp3) is 0.462. The first kappa shape index (κ1) is 13.3. The van der Waals surface area contributed by atoms with E-state index in [0.717, 1.165) is 18.4 Å². The zero-order valence-electron chi connectivity index (χ0n) is 9.86. The minimum atomic E-state index is 0.0590. The van der Waals surface area contributed by atoms with Crippen LogP contribution in [0.4, 0.5) is 0 Å². The molecule has 1 aromatic carbocycles. The minimum absolute atomic E-state index is 0.0590. The van der Waals surface area contributed by atoms with Crippen LogP contribution in [0, 0.1) is 0 Å². The zero-order valence-corrected chi connectivity index (χ0v) is 10.7. The zero-order chi connectivity index (χ0) is 11.8. The molecule has 16 heavy (non-hydrogen) atoms. The molecule has 1 aromatic rings. The van der Waals surface area contributed by atoms with Crippen LogP contribution in [-0.2, 0) is 4.74 Å². The van der Waals surface area contributed by atoms with E-state index in [1.165, 1.54) is 4.90 Å². The summed E-state index contributed by atoms with van der Waals surface area (Å²) in [6.45, 7) is 2.97. The Kier molecular flexibility index (Phi) is 6.19. The van der Waals surface area contributed by atoms with Crippen LogP contribution in [0.5, 0.6) is 0 Å². The Labute approximate surface area is 101 Å². The van der Waals surface area contributed by atoms with E-state index in [-0.39, 0.29) is 12.4 Å². The van der Waals surface area contributed by atoms with Crippen LogP contribution in [0.3, 0.4) is 0 Å². The van der Waals surface area contributed by atoms with Crippen LogP contribution in [0.1, 0.15) is 30.1 Å². The van der Waals surface area contributed by atoms with Gasteiger partial charge in [-0.05, 0) is 24.8 Å². The summed E-state index contributed by atoms with van der Waals surface area (Å²) in [5.74, 6) is 0.0590. The molecule has 0 fully saturated rings. The lowest BCUT2D eigenvalue weighted by Gasteiger charge is -2.03. The van der Waals surface area contributed by atoms with E-state index in [0.29, 0.717) is 6.61 Å². The van der Waals surface area contributed by atoms with Gasteiger partial charge >= 0.3 is 0 Å². The second-order valence-electron chi connectivity index (χ2n) is 3.56. The SMILES string of the molecule is CCCCOCC(=O)c1ccc(SC)cc1. The largest absolute Gasteiger partial charge is 0.373 e. The molecule has 0 unspecified atom stereocenters. The number of Topliss-reactive ketones (excluding diaryl/α,β-unsaturated/α-hetero) is 1. The first-order valence-electron chi connectivity index (χ1n) is 5.53. The summed E-state index contributed by atoms with van der Waals surface area (Å²) in [5, 5.41) is 0. The highest BCUT2D eigenvalue weighted by Crippen LogP contribution is 2.15. The molecule has 1 rings (SSSR count). The van der Waals surface area contributed by atoms with Gasteiger partial charge in [0.1, 0.15) is 6.61 Å². The van der Waals surface area contributed by atoms with Crippen LogP contribution in [0.15, 0.2) is 29.2 Å². The third-order valence-corrected chi connectivity index (χ3v) is 3.03. The monoisotopic (exact) mass is 238 g/mol.